The fourth-order valence-corrected chi connectivity index (χ4v) is 5.11. The monoisotopic (exact) mass is 391 g/mol. The van der Waals surface area contributed by atoms with Crippen molar-refractivity contribution in [2.75, 3.05) is 19.4 Å². The summed E-state index contributed by atoms with van der Waals surface area (Å²) in [7, 11) is -3.22. The third kappa shape index (κ3) is 5.76. The molecule has 0 radical (unpaired) electrons. The van der Waals surface area contributed by atoms with E-state index in [1.165, 1.54) is 6.26 Å². The van der Waals surface area contributed by atoms with Crippen LogP contribution in [0.15, 0.2) is 24.3 Å². The average molecular weight is 392 g/mol. The molecule has 1 saturated heterocycles. The Morgan fingerprint density at radius 1 is 1.22 bits per heavy atom. The Labute approximate surface area is 162 Å². The molecule has 7 heteroatoms. The average Bonchev–Trinajstić information content (AvgIpc) is 2.66. The molecule has 2 atom stereocenters. The molecule has 1 aromatic rings. The lowest BCUT2D eigenvalue weighted by Crippen LogP contribution is -2.55. The number of sulfonamides is 1. The summed E-state index contributed by atoms with van der Waals surface area (Å²) >= 11 is 0. The normalized spacial score (nSPS) is 29.2. The Hall–Kier alpha value is -1.46. The van der Waals surface area contributed by atoms with E-state index in [4.69, 9.17) is 4.74 Å². The topological polar surface area (TPSA) is 91.2 Å². The number of piperidine rings is 1. The second-order valence-corrected chi connectivity index (χ2v) is 9.49. The maximum absolute atomic E-state index is 11.6. The molecule has 0 spiro atoms. The maximum atomic E-state index is 11.6. The first kappa shape index (κ1) is 20.3. The molecule has 6 nitrogen and oxygen atoms in total. The molecular formula is C20H29N3O3S. The van der Waals surface area contributed by atoms with Gasteiger partial charge in [0.25, 0.3) is 0 Å². The number of nitrogens with zero attached hydrogens (tertiary/aromatic N) is 1. The van der Waals surface area contributed by atoms with Gasteiger partial charge >= 0.3 is 0 Å². The molecule has 2 fully saturated rings. The van der Waals surface area contributed by atoms with Gasteiger partial charge in [0.15, 0.2) is 0 Å². The third-order valence-corrected chi connectivity index (χ3v) is 6.39. The number of ether oxygens (including phenoxy) is 1. The maximum Gasteiger partial charge on any atom is 0.209 e. The van der Waals surface area contributed by atoms with E-state index in [9.17, 15) is 13.7 Å². The first-order chi connectivity index (χ1) is 13.0. The number of nitriles is 1. The van der Waals surface area contributed by atoms with Crippen LogP contribution in [-0.2, 0) is 14.8 Å². The van der Waals surface area contributed by atoms with Crippen molar-refractivity contribution in [2.45, 2.75) is 62.6 Å². The highest BCUT2D eigenvalue weighted by atomic mass is 32.2. The molecule has 1 aliphatic heterocycles. The van der Waals surface area contributed by atoms with E-state index in [0.29, 0.717) is 12.5 Å². The summed E-state index contributed by atoms with van der Waals surface area (Å²) in [6.07, 6.45) is 7.21. The molecule has 1 aliphatic carbocycles. The molecule has 0 unspecified atom stereocenters. The Balaban J connectivity index is 1.50. The van der Waals surface area contributed by atoms with E-state index in [1.807, 2.05) is 18.2 Å². The van der Waals surface area contributed by atoms with Gasteiger partial charge in [0.2, 0.25) is 10.0 Å². The van der Waals surface area contributed by atoms with Crippen LogP contribution in [0.2, 0.25) is 0 Å². The molecule has 0 aromatic heterocycles. The van der Waals surface area contributed by atoms with E-state index in [-0.39, 0.29) is 18.2 Å². The first-order valence-corrected chi connectivity index (χ1v) is 11.7. The zero-order valence-corrected chi connectivity index (χ0v) is 16.7. The van der Waals surface area contributed by atoms with Crippen LogP contribution in [0.4, 0.5) is 0 Å². The van der Waals surface area contributed by atoms with E-state index < -0.39 is 10.0 Å². The minimum atomic E-state index is -3.22. The minimum absolute atomic E-state index is 0.0190. The number of nitrogens with one attached hydrogen (secondary N) is 2. The highest BCUT2D eigenvalue weighted by molar-refractivity contribution is 7.88. The number of hydrogen-bond acceptors (Lipinski definition) is 5. The van der Waals surface area contributed by atoms with Gasteiger partial charge in [0, 0.05) is 12.1 Å². The van der Waals surface area contributed by atoms with Gasteiger partial charge < -0.3 is 10.1 Å². The van der Waals surface area contributed by atoms with E-state index in [2.05, 4.69) is 22.2 Å². The lowest BCUT2D eigenvalue weighted by Gasteiger charge is -2.35. The first-order valence-electron chi connectivity index (χ1n) is 9.77. The molecule has 1 heterocycles. The van der Waals surface area contributed by atoms with Crippen LogP contribution in [0, 0.1) is 11.3 Å². The summed E-state index contributed by atoms with van der Waals surface area (Å²) in [5.74, 6) is 0.424. The van der Waals surface area contributed by atoms with Crippen LogP contribution in [0.1, 0.15) is 55.6 Å². The minimum Gasteiger partial charge on any atom is -0.377 e. The van der Waals surface area contributed by atoms with E-state index >= 15 is 0 Å². The summed E-state index contributed by atoms with van der Waals surface area (Å²) in [6, 6.07) is 10.1. The van der Waals surface area contributed by atoms with Crippen LogP contribution >= 0.6 is 0 Å². The van der Waals surface area contributed by atoms with E-state index in [1.54, 1.807) is 0 Å². The summed E-state index contributed by atoms with van der Waals surface area (Å²) in [4.78, 5) is 0. The van der Waals surface area contributed by atoms with Gasteiger partial charge in [-0.15, -0.1) is 0 Å². The van der Waals surface area contributed by atoms with Gasteiger partial charge in [-0.1, -0.05) is 18.2 Å². The molecule has 1 saturated carbocycles. The summed E-state index contributed by atoms with van der Waals surface area (Å²) in [5, 5.41) is 12.7. The molecular weight excluding hydrogens is 362 g/mol. The van der Waals surface area contributed by atoms with Crippen LogP contribution in [-0.4, -0.2) is 46.0 Å². The van der Waals surface area contributed by atoms with Crippen molar-refractivity contribution in [2.24, 2.45) is 0 Å². The number of rotatable bonds is 6. The smallest absolute Gasteiger partial charge is 0.209 e. The fourth-order valence-electron chi connectivity index (χ4n) is 4.28. The van der Waals surface area contributed by atoms with Crippen LogP contribution in [0.25, 0.3) is 0 Å². The lowest BCUT2D eigenvalue weighted by molar-refractivity contribution is 0.00522. The summed E-state index contributed by atoms with van der Waals surface area (Å²) in [6.45, 7) is 1.42. The zero-order chi connectivity index (χ0) is 19.3. The van der Waals surface area contributed by atoms with Gasteiger partial charge in [-0.3, -0.25) is 0 Å². The quantitative estimate of drug-likeness (QED) is 0.776. The van der Waals surface area contributed by atoms with Crippen molar-refractivity contribution in [3.63, 3.8) is 0 Å². The van der Waals surface area contributed by atoms with Crippen molar-refractivity contribution in [1.82, 2.24) is 10.0 Å². The second-order valence-electron chi connectivity index (χ2n) is 7.71. The number of benzene rings is 1. The molecule has 0 bridgehead atoms. The predicted octanol–water partition coefficient (Wildman–Crippen LogP) is 2.27. The summed E-state index contributed by atoms with van der Waals surface area (Å²) in [5.41, 5.74) is 1.94. The number of hydrogen-bond donors (Lipinski definition) is 2. The zero-order valence-electron chi connectivity index (χ0n) is 15.9. The Kier molecular flexibility index (Phi) is 6.88. The lowest BCUT2D eigenvalue weighted by atomic mass is 9.81. The van der Waals surface area contributed by atoms with Crippen molar-refractivity contribution in [3.05, 3.63) is 35.4 Å². The SMILES string of the molecule is CS(=O)(=O)N[C@H]1CCCN[C@H]1CO[C@H]1CC[C@@H](c2ccccc2C#N)CC1. The standard InChI is InChI=1S/C20H29N3O3S/c1-27(24,25)23-19-7-4-12-22-20(19)14-26-17-10-8-15(9-11-17)18-6-3-2-5-16(18)13-21/h2-3,5-6,15,17,19-20,22-23H,4,7-12,14H2,1H3/t15-,17+,19-,20-/m0/s1. The van der Waals surface area contributed by atoms with Gasteiger partial charge in [-0.25, -0.2) is 13.1 Å². The van der Waals surface area contributed by atoms with Crippen molar-refractivity contribution in [3.8, 4) is 6.07 Å². The predicted molar refractivity (Wildman–Crippen MR) is 105 cm³/mol. The second kappa shape index (κ2) is 9.16. The van der Waals surface area contributed by atoms with Crippen LogP contribution in [0.3, 0.4) is 0 Å². The Morgan fingerprint density at radius 2 is 1.96 bits per heavy atom. The van der Waals surface area contributed by atoms with Gasteiger partial charge in [-0.2, -0.15) is 5.26 Å². The van der Waals surface area contributed by atoms with Crippen LogP contribution in [0.5, 0.6) is 0 Å². The highest BCUT2D eigenvalue weighted by Gasteiger charge is 2.29. The Bertz CT molecular complexity index is 767. The van der Waals surface area contributed by atoms with Crippen molar-refractivity contribution < 1.29 is 13.2 Å². The van der Waals surface area contributed by atoms with Gasteiger partial charge in [-0.05, 0) is 62.6 Å². The molecule has 2 N–H and O–H groups in total. The Morgan fingerprint density at radius 3 is 2.67 bits per heavy atom. The molecule has 148 valence electrons. The largest absolute Gasteiger partial charge is 0.377 e. The fraction of sp³-hybridized carbons (Fsp3) is 0.650. The van der Waals surface area contributed by atoms with Gasteiger partial charge in [0.05, 0.1) is 30.6 Å². The molecule has 0 amide bonds. The van der Waals surface area contributed by atoms with Crippen LogP contribution < -0.4 is 10.0 Å². The van der Waals surface area contributed by atoms with Gasteiger partial charge in [0.1, 0.15) is 0 Å². The highest BCUT2D eigenvalue weighted by Crippen LogP contribution is 2.35. The molecule has 1 aromatic carbocycles. The third-order valence-electron chi connectivity index (χ3n) is 5.66. The molecule has 2 aliphatic rings. The van der Waals surface area contributed by atoms with Crippen molar-refractivity contribution in [1.29, 1.82) is 5.26 Å². The van der Waals surface area contributed by atoms with Crippen molar-refractivity contribution >= 4 is 10.0 Å². The molecule has 3 rings (SSSR count). The summed E-state index contributed by atoms with van der Waals surface area (Å²) < 4.78 is 32.0. The molecule has 27 heavy (non-hydrogen) atoms. The van der Waals surface area contributed by atoms with E-state index in [0.717, 1.165) is 56.2 Å².